The zero-order valence-corrected chi connectivity index (χ0v) is 6.69. The molecule has 2 atom stereocenters. The third kappa shape index (κ3) is 0.906. The summed E-state index contributed by atoms with van der Waals surface area (Å²) in [5, 5.41) is 8.80. The largest absolute Gasteiger partial charge is 0.481 e. The maximum Gasteiger partial charge on any atom is 0.309 e. The molecule has 0 radical (unpaired) electrons. The van der Waals surface area contributed by atoms with Gasteiger partial charge in [0.15, 0.2) is 0 Å². The molecule has 2 rings (SSSR count). The summed E-state index contributed by atoms with van der Waals surface area (Å²) in [6, 6.07) is -0.00463. The van der Waals surface area contributed by atoms with Crippen LogP contribution in [0.15, 0.2) is 0 Å². The molecule has 0 aromatic rings. The van der Waals surface area contributed by atoms with Crippen LogP contribution in [-0.2, 0) is 9.59 Å². The van der Waals surface area contributed by atoms with Gasteiger partial charge in [-0.05, 0) is 12.8 Å². The van der Waals surface area contributed by atoms with Gasteiger partial charge in [-0.2, -0.15) is 0 Å². The average Bonchev–Trinajstić information content (AvgIpc) is 2.53. The molecule has 4 nitrogen and oxygen atoms in total. The normalized spacial score (nSPS) is 34.0. The molecule has 2 aliphatic rings. The molecule has 0 saturated carbocycles. The van der Waals surface area contributed by atoms with E-state index in [1.165, 1.54) is 0 Å². The lowest BCUT2D eigenvalue weighted by molar-refractivity contribution is -0.142. The summed E-state index contributed by atoms with van der Waals surface area (Å²) in [4.78, 5) is 23.7. The molecule has 0 spiro atoms. The Labute approximate surface area is 70.2 Å². The molecule has 1 amide bonds. The van der Waals surface area contributed by atoms with Crippen molar-refractivity contribution in [3.63, 3.8) is 0 Å². The van der Waals surface area contributed by atoms with E-state index in [2.05, 4.69) is 0 Å². The lowest BCUT2D eigenvalue weighted by atomic mass is 9.99. The molecular weight excluding hydrogens is 158 g/mol. The minimum Gasteiger partial charge on any atom is -0.481 e. The number of carbonyl (C=O) groups is 2. The highest BCUT2D eigenvalue weighted by atomic mass is 16.4. The molecule has 2 aliphatic heterocycles. The number of carbonyl (C=O) groups excluding carboxylic acids is 1. The van der Waals surface area contributed by atoms with Gasteiger partial charge in [0.05, 0.1) is 5.92 Å². The third-order valence-corrected chi connectivity index (χ3v) is 2.80. The van der Waals surface area contributed by atoms with Crippen LogP contribution < -0.4 is 0 Å². The zero-order chi connectivity index (χ0) is 8.72. The first-order valence-electron chi connectivity index (χ1n) is 4.22. The molecule has 0 aliphatic carbocycles. The molecule has 1 N–H and O–H groups in total. The predicted octanol–water partition coefficient (Wildman–Crippen LogP) is 0.0819. The van der Waals surface area contributed by atoms with Gasteiger partial charge < -0.3 is 10.0 Å². The third-order valence-electron chi connectivity index (χ3n) is 2.80. The topological polar surface area (TPSA) is 57.6 Å². The van der Waals surface area contributed by atoms with Crippen LogP contribution in [0.3, 0.4) is 0 Å². The second-order valence-corrected chi connectivity index (χ2v) is 3.45. The molecule has 4 heteroatoms. The van der Waals surface area contributed by atoms with Crippen LogP contribution in [0.25, 0.3) is 0 Å². The van der Waals surface area contributed by atoms with Crippen molar-refractivity contribution in [3.05, 3.63) is 0 Å². The number of aliphatic carboxylic acids is 1. The van der Waals surface area contributed by atoms with Crippen LogP contribution >= 0.6 is 0 Å². The Kier molecular flexibility index (Phi) is 1.56. The Morgan fingerprint density at radius 1 is 1.58 bits per heavy atom. The van der Waals surface area contributed by atoms with E-state index in [-0.39, 0.29) is 18.4 Å². The van der Waals surface area contributed by atoms with Crippen molar-refractivity contribution in [3.8, 4) is 0 Å². The van der Waals surface area contributed by atoms with Gasteiger partial charge in [0.25, 0.3) is 0 Å². The molecule has 0 bridgehead atoms. The van der Waals surface area contributed by atoms with Gasteiger partial charge in [-0.1, -0.05) is 0 Å². The lowest BCUT2D eigenvalue weighted by Gasteiger charge is -2.16. The van der Waals surface area contributed by atoms with Gasteiger partial charge in [-0.15, -0.1) is 0 Å². The van der Waals surface area contributed by atoms with Crippen molar-refractivity contribution in [2.75, 3.05) is 6.54 Å². The highest BCUT2D eigenvalue weighted by Gasteiger charge is 2.45. The average molecular weight is 169 g/mol. The molecule has 12 heavy (non-hydrogen) atoms. The van der Waals surface area contributed by atoms with Crippen LogP contribution in [0.1, 0.15) is 19.3 Å². The highest BCUT2D eigenvalue weighted by molar-refractivity contribution is 5.87. The van der Waals surface area contributed by atoms with E-state index >= 15 is 0 Å². The standard InChI is InChI=1S/C8H11NO3/c10-7-4-5(8(11)12)6-2-1-3-9(6)7/h5-6H,1-4H2,(H,11,12). The second kappa shape index (κ2) is 2.47. The van der Waals surface area contributed by atoms with Gasteiger partial charge in [0.2, 0.25) is 5.91 Å². The SMILES string of the molecule is O=C(O)C1CC(=O)N2CCCC12. The maximum atomic E-state index is 11.2. The quantitative estimate of drug-likeness (QED) is 0.604. The van der Waals surface area contributed by atoms with Crippen LogP contribution in [0.5, 0.6) is 0 Å². The Morgan fingerprint density at radius 3 is 3.00 bits per heavy atom. The van der Waals surface area contributed by atoms with E-state index in [0.29, 0.717) is 0 Å². The molecule has 2 unspecified atom stereocenters. The fourth-order valence-corrected chi connectivity index (χ4v) is 2.21. The van der Waals surface area contributed by atoms with E-state index in [1.807, 2.05) is 0 Å². The van der Waals surface area contributed by atoms with Crippen molar-refractivity contribution in [2.45, 2.75) is 25.3 Å². The predicted molar refractivity (Wildman–Crippen MR) is 40.5 cm³/mol. The number of nitrogens with zero attached hydrogens (tertiary/aromatic N) is 1. The van der Waals surface area contributed by atoms with Crippen molar-refractivity contribution in [1.82, 2.24) is 4.90 Å². The number of carboxylic acid groups (broad SMARTS) is 1. The van der Waals surface area contributed by atoms with Crippen LogP contribution in [0.4, 0.5) is 0 Å². The summed E-state index contributed by atoms with van der Waals surface area (Å²) in [5.74, 6) is -1.25. The van der Waals surface area contributed by atoms with E-state index in [9.17, 15) is 9.59 Å². The summed E-state index contributed by atoms with van der Waals surface area (Å²) in [6.45, 7) is 0.757. The Hall–Kier alpha value is -1.06. The first-order chi connectivity index (χ1) is 5.70. The van der Waals surface area contributed by atoms with Gasteiger partial charge in [-0.3, -0.25) is 9.59 Å². The summed E-state index contributed by atoms with van der Waals surface area (Å²) in [5.41, 5.74) is 0. The van der Waals surface area contributed by atoms with E-state index < -0.39 is 11.9 Å². The minimum atomic E-state index is -0.822. The minimum absolute atomic E-state index is 0.00463. The number of carboxylic acids is 1. The molecule has 0 aromatic heterocycles. The number of rotatable bonds is 1. The monoisotopic (exact) mass is 169 g/mol. The summed E-state index contributed by atoms with van der Waals surface area (Å²) in [6.07, 6.45) is 2.03. The van der Waals surface area contributed by atoms with Crippen LogP contribution in [0, 0.1) is 5.92 Å². The molecule has 2 saturated heterocycles. The number of fused-ring (bicyclic) bond motifs is 1. The fraction of sp³-hybridized carbons (Fsp3) is 0.750. The van der Waals surface area contributed by atoms with E-state index in [1.54, 1.807) is 4.90 Å². The van der Waals surface area contributed by atoms with Gasteiger partial charge in [0.1, 0.15) is 0 Å². The first kappa shape index (κ1) is 7.58. The molecule has 0 aromatic carbocycles. The van der Waals surface area contributed by atoms with Crippen LogP contribution in [-0.4, -0.2) is 34.5 Å². The number of amides is 1. The van der Waals surface area contributed by atoms with Crippen molar-refractivity contribution in [1.29, 1.82) is 0 Å². The van der Waals surface area contributed by atoms with Crippen molar-refractivity contribution >= 4 is 11.9 Å². The molecule has 2 heterocycles. The van der Waals surface area contributed by atoms with Crippen LogP contribution in [0.2, 0.25) is 0 Å². The van der Waals surface area contributed by atoms with Gasteiger partial charge in [-0.25, -0.2) is 0 Å². The smallest absolute Gasteiger partial charge is 0.309 e. The Morgan fingerprint density at radius 2 is 2.33 bits per heavy atom. The Balaban J connectivity index is 2.20. The van der Waals surface area contributed by atoms with Gasteiger partial charge >= 0.3 is 5.97 Å². The summed E-state index contributed by atoms with van der Waals surface area (Å²) < 4.78 is 0. The van der Waals surface area contributed by atoms with E-state index in [0.717, 1.165) is 19.4 Å². The number of hydrogen-bond acceptors (Lipinski definition) is 2. The zero-order valence-electron chi connectivity index (χ0n) is 6.69. The second-order valence-electron chi connectivity index (χ2n) is 3.45. The highest BCUT2D eigenvalue weighted by Crippen LogP contribution is 2.33. The molecule has 2 fully saturated rings. The van der Waals surface area contributed by atoms with Crippen molar-refractivity contribution in [2.24, 2.45) is 5.92 Å². The molecular formula is C8H11NO3. The number of hydrogen-bond donors (Lipinski definition) is 1. The lowest BCUT2D eigenvalue weighted by Crippen LogP contribution is -2.31. The summed E-state index contributed by atoms with van der Waals surface area (Å²) in [7, 11) is 0. The first-order valence-corrected chi connectivity index (χ1v) is 4.22. The van der Waals surface area contributed by atoms with Gasteiger partial charge in [0, 0.05) is 19.0 Å². The maximum absolute atomic E-state index is 11.2. The fourth-order valence-electron chi connectivity index (χ4n) is 2.21. The summed E-state index contributed by atoms with van der Waals surface area (Å²) >= 11 is 0. The Bertz CT molecular complexity index is 238. The van der Waals surface area contributed by atoms with Crippen molar-refractivity contribution < 1.29 is 14.7 Å². The van der Waals surface area contributed by atoms with E-state index in [4.69, 9.17) is 5.11 Å². The molecule has 66 valence electrons.